The van der Waals surface area contributed by atoms with E-state index < -0.39 is 5.97 Å². The lowest BCUT2D eigenvalue weighted by Gasteiger charge is -2.12. The lowest BCUT2D eigenvalue weighted by Crippen LogP contribution is -2.05. The molecule has 0 heterocycles. The van der Waals surface area contributed by atoms with Crippen LogP contribution < -0.4 is 5.73 Å². The number of hydrogen-bond donors (Lipinski definition) is 1. The van der Waals surface area contributed by atoms with E-state index in [0.29, 0.717) is 21.2 Å². The van der Waals surface area contributed by atoms with Crippen molar-refractivity contribution in [2.45, 2.75) is 17.6 Å². The summed E-state index contributed by atoms with van der Waals surface area (Å²) in [5, 5.41) is 0.467. The number of rotatable bonds is 4. The Morgan fingerprint density at radius 3 is 2.71 bits per heavy atom. The highest BCUT2D eigenvalue weighted by atomic mass is 35.5. The number of esters is 1. The molecule has 0 aromatic heterocycles. The molecule has 0 saturated heterocycles. The predicted octanol–water partition coefficient (Wildman–Crippen LogP) is 4.31. The Balaban J connectivity index is 2.31. The fourth-order valence-electron chi connectivity index (χ4n) is 1.94. The van der Waals surface area contributed by atoms with Crippen molar-refractivity contribution in [1.29, 1.82) is 0 Å². The molecule has 0 atom stereocenters. The lowest BCUT2D eigenvalue weighted by atomic mass is 10.1. The van der Waals surface area contributed by atoms with Crippen LogP contribution in [0.5, 0.6) is 0 Å². The number of hydrogen-bond acceptors (Lipinski definition) is 4. The molecule has 0 fully saturated rings. The normalized spacial score (nSPS) is 10.4. The average molecular weight is 322 g/mol. The Labute approximate surface area is 133 Å². The molecule has 0 aliphatic heterocycles. The van der Waals surface area contributed by atoms with Gasteiger partial charge in [-0.15, -0.1) is 11.8 Å². The highest BCUT2D eigenvalue weighted by Gasteiger charge is 2.17. The third kappa shape index (κ3) is 3.71. The summed E-state index contributed by atoms with van der Waals surface area (Å²) in [5.41, 5.74) is 9.00. The molecule has 0 aliphatic rings. The van der Waals surface area contributed by atoms with E-state index in [0.717, 1.165) is 5.75 Å². The van der Waals surface area contributed by atoms with Crippen LogP contribution in [-0.4, -0.2) is 13.1 Å². The number of thioether (sulfide) groups is 1. The summed E-state index contributed by atoms with van der Waals surface area (Å²) in [6.07, 6.45) is 0. The summed E-state index contributed by atoms with van der Waals surface area (Å²) >= 11 is 7.74. The summed E-state index contributed by atoms with van der Waals surface area (Å²) in [4.78, 5) is 12.6. The molecule has 2 aromatic carbocycles. The first-order valence-electron chi connectivity index (χ1n) is 6.37. The van der Waals surface area contributed by atoms with E-state index in [1.807, 2.05) is 12.1 Å². The van der Waals surface area contributed by atoms with E-state index in [1.165, 1.54) is 30.0 Å². The van der Waals surface area contributed by atoms with Gasteiger partial charge in [0.2, 0.25) is 0 Å². The molecule has 0 radical (unpaired) electrons. The van der Waals surface area contributed by atoms with Gasteiger partial charge in [0.25, 0.3) is 0 Å². The number of halogens is 1. The first-order chi connectivity index (χ1) is 10.0. The van der Waals surface area contributed by atoms with Gasteiger partial charge in [0.15, 0.2) is 0 Å². The molecule has 0 aliphatic carbocycles. The van der Waals surface area contributed by atoms with Gasteiger partial charge in [0, 0.05) is 16.3 Å². The van der Waals surface area contributed by atoms with E-state index in [4.69, 9.17) is 22.1 Å². The van der Waals surface area contributed by atoms with Crippen molar-refractivity contribution in [2.75, 3.05) is 12.8 Å². The van der Waals surface area contributed by atoms with Crippen molar-refractivity contribution in [2.24, 2.45) is 0 Å². The van der Waals surface area contributed by atoms with Crippen LogP contribution >= 0.6 is 23.4 Å². The zero-order chi connectivity index (χ0) is 15.4. The minimum atomic E-state index is -0.434. The lowest BCUT2D eigenvalue weighted by molar-refractivity contribution is 0.0597. The minimum absolute atomic E-state index is 0.404. The number of benzene rings is 2. The monoisotopic (exact) mass is 321 g/mol. The number of aryl methyl sites for hydroxylation is 1. The standard InChI is InChI=1S/C16H16ClNO2S/c1-10-5-3-4-6-11(10)9-21-15-13(16(19)20-2)7-12(18)8-14(15)17/h3-8H,9,18H2,1-2H3. The van der Waals surface area contributed by atoms with Crippen molar-refractivity contribution in [1.82, 2.24) is 0 Å². The van der Waals surface area contributed by atoms with Gasteiger partial charge in [0.05, 0.1) is 17.7 Å². The minimum Gasteiger partial charge on any atom is -0.465 e. The Morgan fingerprint density at radius 2 is 2.05 bits per heavy atom. The van der Waals surface area contributed by atoms with Crippen molar-refractivity contribution >= 4 is 35.0 Å². The summed E-state index contributed by atoms with van der Waals surface area (Å²) in [6, 6.07) is 11.4. The Morgan fingerprint density at radius 1 is 1.33 bits per heavy atom. The van der Waals surface area contributed by atoms with Crippen LogP contribution in [0.15, 0.2) is 41.3 Å². The Bertz CT molecular complexity index is 673. The average Bonchev–Trinajstić information content (AvgIpc) is 2.46. The molecule has 0 spiro atoms. The fraction of sp³-hybridized carbons (Fsp3) is 0.188. The third-order valence-electron chi connectivity index (χ3n) is 3.10. The number of carbonyl (C=O) groups is 1. The van der Waals surface area contributed by atoms with Crippen LogP contribution in [0.3, 0.4) is 0 Å². The third-order valence-corrected chi connectivity index (χ3v) is 4.70. The molecule has 2 rings (SSSR count). The zero-order valence-corrected chi connectivity index (χ0v) is 13.4. The van der Waals surface area contributed by atoms with E-state index in [1.54, 1.807) is 12.1 Å². The van der Waals surface area contributed by atoms with Crippen molar-refractivity contribution in [3.63, 3.8) is 0 Å². The molecule has 0 bridgehead atoms. The van der Waals surface area contributed by atoms with Crippen LogP contribution in [0.4, 0.5) is 5.69 Å². The van der Waals surface area contributed by atoms with E-state index in [9.17, 15) is 4.79 Å². The molecule has 0 unspecified atom stereocenters. The molecule has 110 valence electrons. The maximum atomic E-state index is 11.9. The Kier molecular flexibility index (Phi) is 5.15. The second-order valence-corrected chi connectivity index (χ2v) is 5.98. The SMILES string of the molecule is COC(=O)c1cc(N)cc(Cl)c1SCc1ccccc1C. The van der Waals surface area contributed by atoms with Gasteiger partial charge in [-0.05, 0) is 30.2 Å². The molecular weight excluding hydrogens is 306 g/mol. The summed E-state index contributed by atoms with van der Waals surface area (Å²) < 4.78 is 4.80. The van der Waals surface area contributed by atoms with Gasteiger partial charge in [-0.3, -0.25) is 0 Å². The van der Waals surface area contributed by atoms with Gasteiger partial charge >= 0.3 is 5.97 Å². The van der Waals surface area contributed by atoms with Gasteiger partial charge < -0.3 is 10.5 Å². The molecule has 21 heavy (non-hydrogen) atoms. The highest BCUT2D eigenvalue weighted by molar-refractivity contribution is 7.98. The second kappa shape index (κ2) is 6.87. The number of carbonyl (C=O) groups excluding carboxylic acids is 1. The molecule has 0 amide bonds. The molecule has 2 aromatic rings. The van der Waals surface area contributed by atoms with Gasteiger partial charge in [-0.2, -0.15) is 0 Å². The first kappa shape index (κ1) is 15.7. The van der Waals surface area contributed by atoms with Crippen molar-refractivity contribution in [3.8, 4) is 0 Å². The maximum Gasteiger partial charge on any atom is 0.339 e. The topological polar surface area (TPSA) is 52.3 Å². The highest BCUT2D eigenvalue weighted by Crippen LogP contribution is 2.35. The molecule has 3 nitrogen and oxygen atoms in total. The summed E-state index contributed by atoms with van der Waals surface area (Å²) in [5.74, 6) is 0.289. The van der Waals surface area contributed by atoms with Crippen LogP contribution in [0.1, 0.15) is 21.5 Å². The smallest absolute Gasteiger partial charge is 0.339 e. The summed E-state index contributed by atoms with van der Waals surface area (Å²) in [6.45, 7) is 2.06. The van der Waals surface area contributed by atoms with Gasteiger partial charge in [-0.1, -0.05) is 35.9 Å². The van der Waals surface area contributed by atoms with Crippen molar-refractivity contribution < 1.29 is 9.53 Å². The van der Waals surface area contributed by atoms with Crippen molar-refractivity contribution in [3.05, 3.63) is 58.1 Å². The predicted molar refractivity (Wildman–Crippen MR) is 87.9 cm³/mol. The number of nitrogen functional groups attached to an aromatic ring is 1. The summed E-state index contributed by atoms with van der Waals surface area (Å²) in [7, 11) is 1.34. The first-order valence-corrected chi connectivity index (χ1v) is 7.74. The van der Waals surface area contributed by atoms with Crippen LogP contribution in [0, 0.1) is 6.92 Å². The zero-order valence-electron chi connectivity index (χ0n) is 11.9. The number of methoxy groups -OCH3 is 1. The van der Waals surface area contributed by atoms with E-state index in [-0.39, 0.29) is 0 Å². The van der Waals surface area contributed by atoms with E-state index >= 15 is 0 Å². The fourth-order valence-corrected chi connectivity index (χ4v) is 3.45. The quantitative estimate of drug-likeness (QED) is 0.518. The number of nitrogens with two attached hydrogens (primary N) is 1. The molecule has 2 N–H and O–H groups in total. The largest absolute Gasteiger partial charge is 0.465 e. The number of anilines is 1. The van der Waals surface area contributed by atoms with Crippen LogP contribution in [-0.2, 0) is 10.5 Å². The van der Waals surface area contributed by atoms with E-state index in [2.05, 4.69) is 19.1 Å². The van der Waals surface area contributed by atoms with Gasteiger partial charge in [-0.25, -0.2) is 4.79 Å². The second-order valence-electron chi connectivity index (χ2n) is 4.59. The van der Waals surface area contributed by atoms with Gasteiger partial charge in [0.1, 0.15) is 0 Å². The molecule has 0 saturated carbocycles. The molecular formula is C16H16ClNO2S. The van der Waals surface area contributed by atoms with Crippen LogP contribution in [0.2, 0.25) is 5.02 Å². The molecule has 5 heteroatoms. The maximum absolute atomic E-state index is 11.9. The van der Waals surface area contributed by atoms with Crippen LogP contribution in [0.25, 0.3) is 0 Å². The number of ether oxygens (including phenoxy) is 1. The Hall–Kier alpha value is -1.65.